The van der Waals surface area contributed by atoms with E-state index in [2.05, 4.69) is 17.4 Å². The highest BCUT2D eigenvalue weighted by Crippen LogP contribution is 2.40. The van der Waals surface area contributed by atoms with E-state index in [-0.39, 0.29) is 18.4 Å². The molecule has 0 saturated heterocycles. The van der Waals surface area contributed by atoms with Crippen molar-refractivity contribution < 1.29 is 23.8 Å². The number of allylic oxidation sites excluding steroid dienone is 1. The minimum absolute atomic E-state index is 0.123. The first kappa shape index (κ1) is 25.8. The summed E-state index contributed by atoms with van der Waals surface area (Å²) in [5.41, 5.74) is 4.11. The maximum absolute atomic E-state index is 13.1. The highest BCUT2D eigenvalue weighted by molar-refractivity contribution is 5.94. The number of hydrogen-bond donors (Lipinski definition) is 1. The number of amides is 1. The molecule has 1 aliphatic rings. The van der Waals surface area contributed by atoms with Gasteiger partial charge in [-0.05, 0) is 48.4 Å². The van der Waals surface area contributed by atoms with Gasteiger partial charge in [0.1, 0.15) is 24.2 Å². The number of carbonyl (C=O) groups excluding carboxylic acids is 2. The summed E-state index contributed by atoms with van der Waals surface area (Å²) in [4.78, 5) is 27.9. The number of esters is 1. The second-order valence-corrected chi connectivity index (χ2v) is 9.06. The van der Waals surface area contributed by atoms with E-state index in [1.807, 2.05) is 86.7 Å². The van der Waals surface area contributed by atoms with Gasteiger partial charge in [0.15, 0.2) is 0 Å². The lowest BCUT2D eigenvalue weighted by molar-refractivity contribution is -0.136. The summed E-state index contributed by atoms with van der Waals surface area (Å²) in [7, 11) is 2.95. The molecule has 192 valence electrons. The van der Waals surface area contributed by atoms with Crippen molar-refractivity contribution in [3.8, 4) is 5.75 Å². The fraction of sp³-hybridized carbons (Fsp3) is 0.267. The molecule has 0 fully saturated rings. The number of benzene rings is 3. The molecule has 0 aromatic heterocycles. The third kappa shape index (κ3) is 5.94. The summed E-state index contributed by atoms with van der Waals surface area (Å²) in [5.74, 6) is -0.0860. The highest BCUT2D eigenvalue weighted by Gasteiger charge is 2.41. The van der Waals surface area contributed by atoms with Crippen LogP contribution in [-0.4, -0.2) is 32.4 Å². The lowest BCUT2D eigenvalue weighted by Gasteiger charge is -2.44. The Hall–Kier alpha value is -4.26. The fourth-order valence-corrected chi connectivity index (χ4v) is 4.57. The van der Waals surface area contributed by atoms with Crippen LogP contribution in [-0.2, 0) is 20.9 Å². The Morgan fingerprint density at radius 1 is 0.919 bits per heavy atom. The average Bonchev–Trinajstić information content (AvgIpc) is 2.93. The molecule has 3 aromatic carbocycles. The average molecular weight is 501 g/mol. The third-order valence-electron chi connectivity index (χ3n) is 6.63. The van der Waals surface area contributed by atoms with Crippen molar-refractivity contribution >= 4 is 17.7 Å². The van der Waals surface area contributed by atoms with E-state index in [4.69, 9.17) is 14.2 Å². The molecule has 1 heterocycles. The molecule has 7 nitrogen and oxygen atoms in total. The quantitative estimate of drug-likeness (QED) is 0.429. The van der Waals surface area contributed by atoms with Crippen LogP contribution in [0.5, 0.6) is 5.75 Å². The summed E-state index contributed by atoms with van der Waals surface area (Å²) < 4.78 is 16.0. The van der Waals surface area contributed by atoms with Crippen LogP contribution in [0.25, 0.3) is 0 Å². The maximum Gasteiger partial charge on any atom is 0.409 e. The van der Waals surface area contributed by atoms with Crippen molar-refractivity contribution in [3.63, 3.8) is 0 Å². The predicted octanol–water partition coefficient (Wildman–Crippen LogP) is 5.55. The van der Waals surface area contributed by atoms with E-state index in [9.17, 15) is 9.59 Å². The molecule has 3 atom stereocenters. The zero-order valence-corrected chi connectivity index (χ0v) is 21.5. The Labute approximate surface area is 217 Å². The van der Waals surface area contributed by atoms with Crippen molar-refractivity contribution in [2.24, 2.45) is 5.92 Å². The monoisotopic (exact) mass is 500 g/mol. The SMILES string of the molecule is COC(=O)C1=C[C@H](c2ccc(C)cc2)[C@@H](C)[C@H](NC(=O)OCc2ccccc2)N1c1ccc(OC)cc1. The number of aryl methyl sites for hydroxylation is 1. The number of nitrogens with one attached hydrogen (secondary N) is 1. The van der Waals surface area contributed by atoms with Crippen molar-refractivity contribution in [1.29, 1.82) is 0 Å². The van der Waals surface area contributed by atoms with E-state index in [1.165, 1.54) is 7.11 Å². The lowest BCUT2D eigenvalue weighted by atomic mass is 9.80. The topological polar surface area (TPSA) is 77.1 Å². The normalized spacial score (nSPS) is 19.0. The Morgan fingerprint density at radius 2 is 1.59 bits per heavy atom. The van der Waals surface area contributed by atoms with Gasteiger partial charge in [-0.3, -0.25) is 0 Å². The number of hydrogen-bond acceptors (Lipinski definition) is 6. The van der Waals surface area contributed by atoms with Crippen LogP contribution < -0.4 is 15.0 Å². The van der Waals surface area contributed by atoms with Gasteiger partial charge in [-0.1, -0.05) is 67.1 Å². The molecule has 3 aromatic rings. The van der Waals surface area contributed by atoms with Gasteiger partial charge in [0.05, 0.1) is 14.2 Å². The Balaban J connectivity index is 1.72. The first-order valence-electron chi connectivity index (χ1n) is 12.2. The van der Waals surface area contributed by atoms with Gasteiger partial charge < -0.3 is 24.4 Å². The number of alkyl carbamates (subject to hydrolysis) is 1. The molecule has 1 amide bonds. The van der Waals surface area contributed by atoms with Crippen LogP contribution in [0.3, 0.4) is 0 Å². The highest BCUT2D eigenvalue weighted by atomic mass is 16.5. The molecule has 7 heteroatoms. The number of anilines is 1. The van der Waals surface area contributed by atoms with Crippen molar-refractivity contribution in [1.82, 2.24) is 5.32 Å². The summed E-state index contributed by atoms with van der Waals surface area (Å²) in [5, 5.41) is 3.02. The molecule has 0 spiro atoms. The van der Waals surface area contributed by atoms with Crippen LogP contribution in [0.2, 0.25) is 0 Å². The fourth-order valence-electron chi connectivity index (χ4n) is 4.57. The van der Waals surface area contributed by atoms with Crippen LogP contribution in [0, 0.1) is 12.8 Å². The van der Waals surface area contributed by atoms with Gasteiger partial charge in [0, 0.05) is 17.5 Å². The Morgan fingerprint density at radius 3 is 2.22 bits per heavy atom. The largest absolute Gasteiger partial charge is 0.497 e. The van der Waals surface area contributed by atoms with E-state index in [0.29, 0.717) is 17.1 Å². The molecule has 0 unspecified atom stereocenters. The second kappa shape index (κ2) is 11.6. The number of rotatable bonds is 7. The number of carbonyl (C=O) groups is 2. The van der Waals surface area contributed by atoms with Gasteiger partial charge in [-0.2, -0.15) is 0 Å². The standard InChI is InChI=1S/C30H32N2O5/c1-20-10-12-23(13-11-20)26-18-27(29(33)36-4)32(24-14-16-25(35-3)17-15-24)28(21(26)2)31-30(34)37-19-22-8-6-5-7-9-22/h5-18,21,26,28H,19H2,1-4H3,(H,31,34)/t21-,26+,28-/m1/s1. The zero-order valence-electron chi connectivity index (χ0n) is 21.5. The van der Waals surface area contributed by atoms with E-state index < -0.39 is 18.2 Å². The predicted molar refractivity (Wildman–Crippen MR) is 142 cm³/mol. The first-order chi connectivity index (χ1) is 17.9. The molecule has 0 aliphatic carbocycles. The molecule has 1 N–H and O–H groups in total. The number of nitrogens with zero attached hydrogens (tertiary/aromatic N) is 1. The summed E-state index contributed by atoms with van der Waals surface area (Å²) in [6.07, 6.45) is 0.744. The van der Waals surface area contributed by atoms with Crippen molar-refractivity contribution in [2.45, 2.75) is 32.5 Å². The van der Waals surface area contributed by atoms with Crippen molar-refractivity contribution in [3.05, 3.63) is 107 Å². The number of ether oxygens (including phenoxy) is 3. The minimum Gasteiger partial charge on any atom is -0.497 e. The second-order valence-electron chi connectivity index (χ2n) is 9.06. The lowest BCUT2D eigenvalue weighted by Crippen LogP contribution is -2.56. The molecule has 0 saturated carbocycles. The number of methoxy groups -OCH3 is 2. The van der Waals surface area contributed by atoms with Gasteiger partial charge in [0.25, 0.3) is 0 Å². The third-order valence-corrected chi connectivity index (χ3v) is 6.63. The van der Waals surface area contributed by atoms with Crippen LogP contribution >= 0.6 is 0 Å². The smallest absolute Gasteiger partial charge is 0.409 e. The maximum atomic E-state index is 13.1. The van der Waals surface area contributed by atoms with Crippen LogP contribution in [0.4, 0.5) is 10.5 Å². The molecule has 1 aliphatic heterocycles. The van der Waals surface area contributed by atoms with E-state index >= 15 is 0 Å². The zero-order chi connectivity index (χ0) is 26.4. The minimum atomic E-state index is -0.595. The van der Waals surface area contributed by atoms with Crippen LogP contribution in [0.15, 0.2) is 90.6 Å². The van der Waals surface area contributed by atoms with E-state index in [1.54, 1.807) is 12.0 Å². The molecule has 0 radical (unpaired) electrons. The molecular formula is C30H32N2O5. The summed E-state index contributed by atoms with van der Waals surface area (Å²) in [6.45, 7) is 4.22. The van der Waals surface area contributed by atoms with Crippen molar-refractivity contribution in [2.75, 3.05) is 19.1 Å². The van der Waals surface area contributed by atoms with Gasteiger partial charge in [0.2, 0.25) is 0 Å². The molecule has 37 heavy (non-hydrogen) atoms. The van der Waals surface area contributed by atoms with Gasteiger partial charge >= 0.3 is 12.1 Å². The molecule has 0 bridgehead atoms. The Kier molecular flexibility index (Phi) is 8.13. The molecular weight excluding hydrogens is 468 g/mol. The Bertz CT molecular complexity index is 1240. The van der Waals surface area contributed by atoms with Gasteiger partial charge in [-0.15, -0.1) is 0 Å². The van der Waals surface area contributed by atoms with Gasteiger partial charge in [-0.25, -0.2) is 9.59 Å². The molecule has 4 rings (SSSR count). The first-order valence-corrected chi connectivity index (χ1v) is 12.2. The summed E-state index contributed by atoms with van der Waals surface area (Å²) in [6, 6.07) is 25.0. The van der Waals surface area contributed by atoms with Crippen LogP contribution in [0.1, 0.15) is 29.5 Å². The summed E-state index contributed by atoms with van der Waals surface area (Å²) >= 11 is 0. The van der Waals surface area contributed by atoms with E-state index in [0.717, 1.165) is 16.7 Å².